The maximum absolute atomic E-state index is 12.6. The number of rotatable bonds is 6. The maximum atomic E-state index is 12.6. The third-order valence-corrected chi connectivity index (χ3v) is 6.03. The highest BCUT2D eigenvalue weighted by molar-refractivity contribution is 7.90. The van der Waals surface area contributed by atoms with E-state index < -0.39 is 9.84 Å². The smallest absolute Gasteiger partial charge is 0.289 e. The summed E-state index contributed by atoms with van der Waals surface area (Å²) in [6, 6.07) is 11.3. The normalized spacial score (nSPS) is 18.0. The lowest BCUT2D eigenvalue weighted by atomic mass is 10.1. The molecule has 0 saturated carbocycles. The number of amides is 1. The van der Waals surface area contributed by atoms with Crippen LogP contribution in [0.5, 0.6) is 0 Å². The van der Waals surface area contributed by atoms with Crippen molar-refractivity contribution < 1.29 is 22.4 Å². The second-order valence-corrected chi connectivity index (χ2v) is 8.30. The molecule has 1 aromatic carbocycles. The van der Waals surface area contributed by atoms with Crippen LogP contribution in [0.1, 0.15) is 36.1 Å². The number of hydrogen-bond donors (Lipinski definition) is 0. The van der Waals surface area contributed by atoms with Crippen LogP contribution in [-0.2, 0) is 20.3 Å². The first-order valence-electron chi connectivity index (χ1n) is 8.77. The molecule has 2 heterocycles. The third kappa shape index (κ3) is 4.34. The molecule has 0 radical (unpaired) electrons. The molecular weight excluding hydrogens is 354 g/mol. The summed E-state index contributed by atoms with van der Waals surface area (Å²) in [6.45, 7) is 3.74. The van der Waals surface area contributed by atoms with Crippen molar-refractivity contribution in [2.75, 3.05) is 19.7 Å². The Balaban J connectivity index is 1.68. The van der Waals surface area contributed by atoms with Crippen LogP contribution >= 0.6 is 0 Å². The highest BCUT2D eigenvalue weighted by atomic mass is 32.2. The summed E-state index contributed by atoms with van der Waals surface area (Å²) in [5.74, 6) is -0.0694. The van der Waals surface area contributed by atoms with Gasteiger partial charge in [0.05, 0.1) is 11.0 Å². The molecule has 1 saturated heterocycles. The van der Waals surface area contributed by atoms with Crippen LogP contribution in [0, 0.1) is 0 Å². The van der Waals surface area contributed by atoms with Gasteiger partial charge in [0.15, 0.2) is 15.6 Å². The molecule has 26 heavy (non-hydrogen) atoms. The lowest BCUT2D eigenvalue weighted by molar-refractivity contribution is 0.00613. The first kappa shape index (κ1) is 18.7. The molecule has 3 rings (SSSR count). The summed E-state index contributed by atoms with van der Waals surface area (Å²) in [7, 11) is -3.51. The minimum absolute atomic E-state index is 0.0468. The highest BCUT2D eigenvalue weighted by Crippen LogP contribution is 2.21. The Hall–Kier alpha value is -2.12. The summed E-state index contributed by atoms with van der Waals surface area (Å²) in [4.78, 5) is 14.6. The quantitative estimate of drug-likeness (QED) is 0.774. The molecule has 1 unspecified atom stereocenters. The fraction of sp³-hybridized carbons (Fsp3) is 0.421. The molecule has 1 fully saturated rings. The minimum atomic E-state index is -3.51. The van der Waals surface area contributed by atoms with Crippen molar-refractivity contribution in [2.45, 2.75) is 36.5 Å². The van der Waals surface area contributed by atoms with Gasteiger partial charge in [0.2, 0.25) is 0 Å². The van der Waals surface area contributed by atoms with E-state index in [1.54, 1.807) is 47.4 Å². The number of carbonyl (C=O) groups is 1. The topological polar surface area (TPSA) is 76.8 Å². The number of piperidine rings is 1. The molecule has 1 aliphatic rings. The monoisotopic (exact) mass is 377 g/mol. The van der Waals surface area contributed by atoms with E-state index in [1.807, 2.05) is 6.92 Å². The van der Waals surface area contributed by atoms with Crippen molar-refractivity contribution in [2.24, 2.45) is 0 Å². The molecule has 0 bridgehead atoms. The Bertz CT molecular complexity index is 842. The van der Waals surface area contributed by atoms with Gasteiger partial charge in [-0.25, -0.2) is 8.42 Å². The molecule has 7 heteroatoms. The molecule has 0 spiro atoms. The Kier molecular flexibility index (Phi) is 5.78. The zero-order valence-corrected chi connectivity index (χ0v) is 15.6. The molecular formula is C19H23NO5S. The Morgan fingerprint density at radius 2 is 2.00 bits per heavy atom. The highest BCUT2D eigenvalue weighted by Gasteiger charge is 2.27. The van der Waals surface area contributed by atoms with Crippen molar-refractivity contribution in [1.82, 2.24) is 4.90 Å². The van der Waals surface area contributed by atoms with Crippen molar-refractivity contribution in [3.8, 4) is 0 Å². The zero-order valence-electron chi connectivity index (χ0n) is 14.8. The zero-order chi connectivity index (χ0) is 18.6. The Morgan fingerprint density at radius 3 is 2.73 bits per heavy atom. The largest absolute Gasteiger partial charge is 0.455 e. The fourth-order valence-corrected chi connectivity index (χ4v) is 4.39. The van der Waals surface area contributed by atoms with Crippen LogP contribution in [0.2, 0.25) is 0 Å². The van der Waals surface area contributed by atoms with Crippen molar-refractivity contribution in [3.05, 3.63) is 54.0 Å². The number of likely N-dealkylation sites (tertiary alicyclic amines) is 1. The van der Waals surface area contributed by atoms with E-state index in [0.717, 1.165) is 12.8 Å². The first-order chi connectivity index (χ1) is 12.5. The lowest BCUT2D eigenvalue weighted by Crippen LogP contribution is -2.43. The lowest BCUT2D eigenvalue weighted by Gasteiger charge is -2.31. The van der Waals surface area contributed by atoms with E-state index in [1.165, 1.54) is 0 Å². The minimum Gasteiger partial charge on any atom is -0.455 e. The molecule has 1 atom stereocenters. The van der Waals surface area contributed by atoms with E-state index in [2.05, 4.69) is 0 Å². The van der Waals surface area contributed by atoms with Crippen LogP contribution in [0.15, 0.2) is 51.8 Å². The summed E-state index contributed by atoms with van der Waals surface area (Å²) >= 11 is 0. The summed E-state index contributed by atoms with van der Waals surface area (Å²) in [5.41, 5.74) is 0. The fourth-order valence-electron chi connectivity index (χ4n) is 3.12. The van der Waals surface area contributed by atoms with Gasteiger partial charge in [-0.2, -0.15) is 0 Å². The molecule has 0 aliphatic carbocycles. The van der Waals surface area contributed by atoms with Gasteiger partial charge in [0.25, 0.3) is 5.91 Å². The predicted molar refractivity (Wildman–Crippen MR) is 96.6 cm³/mol. The van der Waals surface area contributed by atoms with Gasteiger partial charge in [-0.05, 0) is 44.0 Å². The Morgan fingerprint density at radius 1 is 1.23 bits per heavy atom. The summed E-state index contributed by atoms with van der Waals surface area (Å²) in [5, 5.41) is 0. The molecule has 0 N–H and O–H groups in total. The van der Waals surface area contributed by atoms with Crippen LogP contribution in [0.4, 0.5) is 0 Å². The molecule has 2 aromatic rings. The predicted octanol–water partition coefficient (Wildman–Crippen LogP) is 2.89. The second kappa shape index (κ2) is 8.05. The van der Waals surface area contributed by atoms with Gasteiger partial charge in [-0.3, -0.25) is 4.79 Å². The van der Waals surface area contributed by atoms with Crippen molar-refractivity contribution in [1.29, 1.82) is 0 Å². The number of nitrogens with zero attached hydrogens (tertiary/aromatic N) is 1. The van der Waals surface area contributed by atoms with Gasteiger partial charge in [0.1, 0.15) is 11.5 Å². The van der Waals surface area contributed by atoms with Gasteiger partial charge in [-0.1, -0.05) is 18.2 Å². The number of hydrogen-bond acceptors (Lipinski definition) is 5. The second-order valence-electron chi connectivity index (χ2n) is 6.31. The van der Waals surface area contributed by atoms with Gasteiger partial charge in [0, 0.05) is 19.7 Å². The van der Waals surface area contributed by atoms with E-state index >= 15 is 0 Å². The van der Waals surface area contributed by atoms with Crippen molar-refractivity contribution >= 4 is 15.7 Å². The standard InChI is InChI=1S/C19H23NO5S/c1-2-24-15-7-6-12-20(13-15)19(21)18-11-10-16(25-18)14-26(22,23)17-8-4-3-5-9-17/h3-5,8-11,15H,2,6-7,12-14H2,1H3. The Labute approximate surface area is 153 Å². The van der Waals surface area contributed by atoms with E-state index in [9.17, 15) is 13.2 Å². The van der Waals surface area contributed by atoms with Gasteiger partial charge >= 0.3 is 0 Å². The molecule has 6 nitrogen and oxygen atoms in total. The van der Waals surface area contributed by atoms with Crippen LogP contribution in [0.25, 0.3) is 0 Å². The average Bonchev–Trinajstić information content (AvgIpc) is 3.10. The van der Waals surface area contributed by atoms with Gasteiger partial charge in [-0.15, -0.1) is 0 Å². The van der Waals surface area contributed by atoms with Crippen LogP contribution in [-0.4, -0.2) is 45.0 Å². The van der Waals surface area contributed by atoms with Crippen LogP contribution < -0.4 is 0 Å². The maximum Gasteiger partial charge on any atom is 0.289 e. The summed E-state index contributed by atoms with van der Waals surface area (Å²) in [6.07, 6.45) is 1.87. The number of sulfone groups is 1. The number of carbonyl (C=O) groups excluding carboxylic acids is 1. The van der Waals surface area contributed by atoms with Gasteiger partial charge < -0.3 is 14.1 Å². The molecule has 1 aromatic heterocycles. The summed E-state index contributed by atoms with van der Waals surface area (Å²) < 4.78 is 36.0. The SMILES string of the molecule is CCOC1CCCN(C(=O)c2ccc(CS(=O)(=O)c3ccccc3)o2)C1. The third-order valence-electron chi connectivity index (χ3n) is 4.37. The van der Waals surface area contributed by atoms with E-state index in [0.29, 0.717) is 19.7 Å². The van der Waals surface area contributed by atoms with E-state index in [-0.39, 0.29) is 34.2 Å². The van der Waals surface area contributed by atoms with Crippen molar-refractivity contribution in [3.63, 3.8) is 0 Å². The number of benzene rings is 1. The van der Waals surface area contributed by atoms with E-state index in [4.69, 9.17) is 9.15 Å². The average molecular weight is 377 g/mol. The number of ether oxygens (including phenoxy) is 1. The molecule has 1 amide bonds. The molecule has 140 valence electrons. The van der Waals surface area contributed by atoms with Crippen LogP contribution in [0.3, 0.4) is 0 Å². The first-order valence-corrected chi connectivity index (χ1v) is 10.4. The molecule has 1 aliphatic heterocycles. The number of furan rings is 1.